The molecule has 0 spiro atoms. The van der Waals surface area contributed by atoms with Crippen LogP contribution in [0.5, 0.6) is 5.88 Å². The van der Waals surface area contributed by atoms with Crippen molar-refractivity contribution in [1.82, 2.24) is 24.4 Å². The summed E-state index contributed by atoms with van der Waals surface area (Å²) >= 11 is 7.82. The molecule has 2 aromatic heterocycles. The van der Waals surface area contributed by atoms with Gasteiger partial charge in [-0.2, -0.15) is 4.52 Å². The number of aryl methyl sites for hydroxylation is 1. The Kier molecular flexibility index (Phi) is 5.67. The Morgan fingerprint density at radius 2 is 1.84 bits per heavy atom. The van der Waals surface area contributed by atoms with Crippen LogP contribution in [0.25, 0.3) is 4.96 Å². The maximum absolute atomic E-state index is 11.0. The third-order valence-corrected chi connectivity index (χ3v) is 7.05. The highest BCUT2D eigenvalue weighted by atomic mass is 35.5. The second-order valence-corrected chi connectivity index (χ2v) is 9.34. The average molecular weight is 454 g/mol. The number of hydrogen-bond donors (Lipinski definition) is 1. The number of halogens is 1. The van der Waals surface area contributed by atoms with Crippen molar-refractivity contribution in [2.45, 2.75) is 19.5 Å². The van der Waals surface area contributed by atoms with Crippen molar-refractivity contribution in [2.24, 2.45) is 0 Å². The predicted octanol–water partition coefficient (Wildman–Crippen LogP) is 4.37. The molecule has 0 aliphatic carbocycles. The fourth-order valence-electron chi connectivity index (χ4n) is 4.25. The van der Waals surface area contributed by atoms with Gasteiger partial charge in [0.2, 0.25) is 10.8 Å². The lowest BCUT2D eigenvalue weighted by Crippen LogP contribution is -2.47. The molecule has 1 aliphatic heterocycles. The summed E-state index contributed by atoms with van der Waals surface area (Å²) in [6.45, 7) is 6.52. The molecule has 1 saturated heterocycles. The van der Waals surface area contributed by atoms with Crippen LogP contribution >= 0.6 is 22.9 Å². The van der Waals surface area contributed by atoms with E-state index in [2.05, 4.69) is 56.3 Å². The number of aromatic hydroxyl groups is 1. The number of hydrogen-bond acceptors (Lipinski definition) is 6. The molecule has 0 amide bonds. The van der Waals surface area contributed by atoms with Gasteiger partial charge < -0.3 is 5.11 Å². The highest BCUT2D eigenvalue weighted by Crippen LogP contribution is 2.40. The van der Waals surface area contributed by atoms with Crippen LogP contribution in [0.15, 0.2) is 54.6 Å². The molecule has 5 rings (SSSR count). The van der Waals surface area contributed by atoms with Gasteiger partial charge >= 0.3 is 0 Å². The van der Waals surface area contributed by atoms with Gasteiger partial charge in [-0.3, -0.25) is 9.80 Å². The summed E-state index contributed by atoms with van der Waals surface area (Å²) in [4.78, 5) is 10.9. The number of benzene rings is 2. The summed E-state index contributed by atoms with van der Waals surface area (Å²) in [5.41, 5.74) is 2.40. The van der Waals surface area contributed by atoms with E-state index >= 15 is 0 Å². The van der Waals surface area contributed by atoms with E-state index in [0.717, 1.165) is 43.2 Å². The summed E-state index contributed by atoms with van der Waals surface area (Å²) in [7, 11) is 0. The molecule has 0 saturated carbocycles. The van der Waals surface area contributed by atoms with Crippen LogP contribution in [0, 0.1) is 6.92 Å². The summed E-state index contributed by atoms with van der Waals surface area (Å²) in [6.07, 6.45) is 0. The van der Waals surface area contributed by atoms with E-state index < -0.39 is 0 Å². The van der Waals surface area contributed by atoms with Crippen molar-refractivity contribution < 1.29 is 5.11 Å². The molecule has 0 radical (unpaired) electrons. The first-order valence-corrected chi connectivity index (χ1v) is 11.6. The lowest BCUT2D eigenvalue weighted by Gasteiger charge is -2.39. The van der Waals surface area contributed by atoms with Crippen LogP contribution < -0.4 is 0 Å². The van der Waals surface area contributed by atoms with Crippen molar-refractivity contribution >= 4 is 27.9 Å². The van der Waals surface area contributed by atoms with E-state index in [0.29, 0.717) is 15.8 Å². The zero-order valence-electron chi connectivity index (χ0n) is 17.3. The van der Waals surface area contributed by atoms with Gasteiger partial charge in [-0.15, -0.1) is 5.10 Å². The standard InChI is InChI=1S/C23H24ClN5OS/c1-16-25-23-29(26-16)22(30)21(31-23)20(18-8-5-9-19(24)14-18)28-12-10-27(11-13-28)15-17-6-3-2-4-7-17/h2-9,14,20,30H,10-13,15H2,1H3/t20-/m1/s1. The van der Waals surface area contributed by atoms with Gasteiger partial charge in [0.15, 0.2) is 0 Å². The molecular weight excluding hydrogens is 430 g/mol. The Labute approximate surface area is 190 Å². The van der Waals surface area contributed by atoms with Gasteiger partial charge in [-0.25, -0.2) is 4.98 Å². The number of rotatable bonds is 5. The number of nitrogens with zero attached hydrogens (tertiary/aromatic N) is 5. The second kappa shape index (κ2) is 8.59. The minimum atomic E-state index is -0.0913. The van der Waals surface area contributed by atoms with E-state index in [1.54, 1.807) is 4.52 Å². The molecule has 1 aliphatic rings. The van der Waals surface area contributed by atoms with E-state index in [-0.39, 0.29) is 11.9 Å². The molecule has 4 aromatic rings. The molecule has 6 nitrogen and oxygen atoms in total. The molecule has 2 aromatic carbocycles. The van der Waals surface area contributed by atoms with Crippen LogP contribution in [0.1, 0.15) is 27.9 Å². The van der Waals surface area contributed by atoms with Gasteiger partial charge in [0, 0.05) is 37.7 Å². The van der Waals surface area contributed by atoms with Gasteiger partial charge in [-0.1, -0.05) is 65.4 Å². The van der Waals surface area contributed by atoms with E-state index in [1.807, 2.05) is 25.1 Å². The maximum Gasteiger partial charge on any atom is 0.230 e. The van der Waals surface area contributed by atoms with Crippen molar-refractivity contribution in [1.29, 1.82) is 0 Å². The monoisotopic (exact) mass is 453 g/mol. The van der Waals surface area contributed by atoms with Crippen molar-refractivity contribution in [3.05, 3.63) is 81.4 Å². The highest BCUT2D eigenvalue weighted by Gasteiger charge is 2.31. The maximum atomic E-state index is 11.0. The Hall–Kier alpha value is -2.45. The van der Waals surface area contributed by atoms with Crippen LogP contribution in [-0.2, 0) is 6.54 Å². The topological polar surface area (TPSA) is 56.9 Å². The Bertz CT molecular complexity index is 1180. The molecule has 3 heterocycles. The van der Waals surface area contributed by atoms with Crippen molar-refractivity contribution in [3.63, 3.8) is 0 Å². The van der Waals surface area contributed by atoms with Crippen molar-refractivity contribution in [2.75, 3.05) is 26.2 Å². The molecule has 1 fully saturated rings. The van der Waals surface area contributed by atoms with Gasteiger partial charge in [0.05, 0.1) is 10.9 Å². The molecule has 0 bridgehead atoms. The molecule has 1 N–H and O–H groups in total. The minimum Gasteiger partial charge on any atom is -0.492 e. The first-order valence-electron chi connectivity index (χ1n) is 10.4. The molecular formula is C23H24ClN5OS. The summed E-state index contributed by atoms with van der Waals surface area (Å²) < 4.78 is 1.54. The quantitative estimate of drug-likeness (QED) is 0.486. The number of fused-ring (bicyclic) bond motifs is 1. The lowest BCUT2D eigenvalue weighted by molar-refractivity contribution is 0.105. The zero-order chi connectivity index (χ0) is 21.4. The third-order valence-electron chi connectivity index (χ3n) is 5.74. The average Bonchev–Trinajstić information content (AvgIpc) is 3.27. The third kappa shape index (κ3) is 4.19. The van der Waals surface area contributed by atoms with Gasteiger partial charge in [0.25, 0.3) is 0 Å². The molecule has 31 heavy (non-hydrogen) atoms. The molecule has 160 valence electrons. The van der Waals surface area contributed by atoms with E-state index in [1.165, 1.54) is 16.9 Å². The predicted molar refractivity (Wildman–Crippen MR) is 124 cm³/mol. The summed E-state index contributed by atoms with van der Waals surface area (Å²) in [5.74, 6) is 0.819. The number of aromatic nitrogens is 3. The number of piperazine rings is 1. The fourth-order valence-corrected chi connectivity index (χ4v) is 5.61. The Morgan fingerprint density at radius 1 is 1.06 bits per heavy atom. The SMILES string of the molecule is Cc1nc2sc([C@@H](c3cccc(Cl)c3)N3CCN(Cc4ccccc4)CC3)c(O)n2n1. The minimum absolute atomic E-state index is 0.0913. The first kappa shape index (κ1) is 20.5. The molecule has 0 unspecified atom stereocenters. The largest absolute Gasteiger partial charge is 0.492 e. The first-order chi connectivity index (χ1) is 15.1. The number of thiazole rings is 1. The van der Waals surface area contributed by atoms with E-state index in [9.17, 15) is 5.11 Å². The van der Waals surface area contributed by atoms with Crippen LogP contribution in [0.2, 0.25) is 5.02 Å². The smallest absolute Gasteiger partial charge is 0.230 e. The van der Waals surface area contributed by atoms with Crippen LogP contribution in [0.4, 0.5) is 0 Å². The highest BCUT2D eigenvalue weighted by molar-refractivity contribution is 7.17. The summed E-state index contributed by atoms with van der Waals surface area (Å²) in [5, 5.41) is 16.0. The fraction of sp³-hybridized carbons (Fsp3) is 0.304. The van der Waals surface area contributed by atoms with Gasteiger partial charge in [-0.05, 0) is 30.2 Å². The van der Waals surface area contributed by atoms with Gasteiger partial charge in [0.1, 0.15) is 5.82 Å². The Balaban J connectivity index is 1.43. The molecule has 1 atom stereocenters. The normalized spacial score (nSPS) is 16.7. The molecule has 8 heteroatoms. The second-order valence-electron chi connectivity index (χ2n) is 7.90. The Morgan fingerprint density at radius 3 is 2.55 bits per heavy atom. The lowest BCUT2D eigenvalue weighted by atomic mass is 10.0. The summed E-state index contributed by atoms with van der Waals surface area (Å²) in [6, 6.07) is 18.4. The van der Waals surface area contributed by atoms with E-state index in [4.69, 9.17) is 11.6 Å². The van der Waals surface area contributed by atoms with Crippen LogP contribution in [-0.4, -0.2) is 55.7 Å². The van der Waals surface area contributed by atoms with Crippen molar-refractivity contribution in [3.8, 4) is 5.88 Å². The zero-order valence-corrected chi connectivity index (χ0v) is 18.9. The van der Waals surface area contributed by atoms with Crippen LogP contribution in [0.3, 0.4) is 0 Å².